The van der Waals surface area contributed by atoms with E-state index >= 15 is 0 Å². The highest BCUT2D eigenvalue weighted by Crippen LogP contribution is 2.34. The SMILES string of the molecule is CCOC(=O)N1CCC(NC(=O)CN2Cc3ccccc3OC(c3ccccc3OC)C2)CC1. The van der Waals surface area contributed by atoms with Gasteiger partial charge in [0.05, 0.1) is 20.3 Å². The summed E-state index contributed by atoms with van der Waals surface area (Å²) in [5, 5.41) is 3.15. The van der Waals surface area contributed by atoms with E-state index in [0.717, 1.165) is 35.5 Å². The highest BCUT2D eigenvalue weighted by Gasteiger charge is 2.29. The molecule has 0 aromatic heterocycles. The molecule has 1 atom stereocenters. The largest absolute Gasteiger partial charge is 0.496 e. The van der Waals surface area contributed by atoms with Crippen LogP contribution in [0.15, 0.2) is 48.5 Å². The fourth-order valence-electron chi connectivity index (χ4n) is 4.59. The van der Waals surface area contributed by atoms with Gasteiger partial charge in [0.2, 0.25) is 5.91 Å². The quantitative estimate of drug-likeness (QED) is 0.702. The van der Waals surface area contributed by atoms with Gasteiger partial charge in [-0.05, 0) is 31.9 Å². The number of benzene rings is 2. The van der Waals surface area contributed by atoms with Crippen LogP contribution in [0, 0.1) is 0 Å². The van der Waals surface area contributed by atoms with Gasteiger partial charge in [-0.3, -0.25) is 9.69 Å². The Bertz CT molecular complexity index is 990. The van der Waals surface area contributed by atoms with Crippen molar-refractivity contribution >= 4 is 12.0 Å². The van der Waals surface area contributed by atoms with Gasteiger partial charge in [0.25, 0.3) is 0 Å². The van der Waals surface area contributed by atoms with Crippen molar-refractivity contribution in [2.45, 2.75) is 38.5 Å². The van der Waals surface area contributed by atoms with E-state index < -0.39 is 0 Å². The zero-order chi connectivity index (χ0) is 23.9. The molecule has 8 heteroatoms. The average molecular weight is 468 g/mol. The Labute approximate surface area is 200 Å². The maximum absolute atomic E-state index is 13.0. The van der Waals surface area contributed by atoms with Crippen molar-refractivity contribution in [2.24, 2.45) is 0 Å². The van der Waals surface area contributed by atoms with Crippen LogP contribution in [0.3, 0.4) is 0 Å². The van der Waals surface area contributed by atoms with Crippen LogP contribution in [0.5, 0.6) is 11.5 Å². The second-order valence-corrected chi connectivity index (χ2v) is 8.65. The summed E-state index contributed by atoms with van der Waals surface area (Å²) < 4.78 is 17.0. The summed E-state index contributed by atoms with van der Waals surface area (Å²) in [4.78, 5) is 28.7. The van der Waals surface area contributed by atoms with E-state index in [0.29, 0.717) is 32.8 Å². The summed E-state index contributed by atoms with van der Waals surface area (Å²) >= 11 is 0. The minimum Gasteiger partial charge on any atom is -0.496 e. The Morgan fingerprint density at radius 2 is 1.82 bits per heavy atom. The van der Waals surface area contributed by atoms with Crippen molar-refractivity contribution in [3.8, 4) is 11.5 Å². The molecule has 0 radical (unpaired) electrons. The first-order valence-electron chi connectivity index (χ1n) is 11.9. The molecule has 0 spiro atoms. The van der Waals surface area contributed by atoms with Gasteiger partial charge in [-0.15, -0.1) is 0 Å². The number of amides is 2. The zero-order valence-electron chi connectivity index (χ0n) is 19.9. The number of para-hydroxylation sites is 2. The van der Waals surface area contributed by atoms with Crippen molar-refractivity contribution in [1.82, 2.24) is 15.1 Å². The predicted octanol–water partition coefficient (Wildman–Crippen LogP) is 3.37. The molecule has 1 N–H and O–H groups in total. The first kappa shape index (κ1) is 23.9. The molecule has 2 amide bonds. The molecule has 0 saturated carbocycles. The first-order chi connectivity index (χ1) is 16.6. The topological polar surface area (TPSA) is 80.3 Å². The molecule has 1 saturated heterocycles. The summed E-state index contributed by atoms with van der Waals surface area (Å²) in [5.74, 6) is 1.57. The molecule has 0 bridgehead atoms. The minimum absolute atomic E-state index is 0.0206. The number of methoxy groups -OCH3 is 1. The van der Waals surface area contributed by atoms with Crippen molar-refractivity contribution in [2.75, 3.05) is 39.9 Å². The van der Waals surface area contributed by atoms with Crippen LogP contribution in [-0.4, -0.2) is 67.7 Å². The van der Waals surface area contributed by atoms with Crippen molar-refractivity contribution < 1.29 is 23.8 Å². The van der Waals surface area contributed by atoms with Gasteiger partial charge < -0.3 is 24.4 Å². The van der Waals surface area contributed by atoms with Gasteiger partial charge in [0.15, 0.2) is 0 Å². The molecule has 1 fully saturated rings. The van der Waals surface area contributed by atoms with Crippen LogP contribution >= 0.6 is 0 Å². The third kappa shape index (κ3) is 5.80. The predicted molar refractivity (Wildman–Crippen MR) is 128 cm³/mol. The molecule has 34 heavy (non-hydrogen) atoms. The molecule has 1 unspecified atom stereocenters. The Morgan fingerprint density at radius 1 is 1.09 bits per heavy atom. The molecular formula is C26H33N3O5. The van der Waals surface area contributed by atoms with Gasteiger partial charge >= 0.3 is 6.09 Å². The zero-order valence-corrected chi connectivity index (χ0v) is 19.9. The van der Waals surface area contributed by atoms with Gasteiger partial charge in [0, 0.05) is 43.3 Å². The van der Waals surface area contributed by atoms with Crippen LogP contribution in [0.4, 0.5) is 4.79 Å². The van der Waals surface area contributed by atoms with Gasteiger partial charge in [-0.1, -0.05) is 36.4 Å². The van der Waals surface area contributed by atoms with Crippen molar-refractivity contribution in [1.29, 1.82) is 0 Å². The van der Waals surface area contributed by atoms with E-state index in [9.17, 15) is 9.59 Å². The number of likely N-dealkylation sites (tertiary alicyclic amines) is 1. The van der Waals surface area contributed by atoms with E-state index in [-0.39, 0.29) is 30.7 Å². The van der Waals surface area contributed by atoms with E-state index in [1.54, 1.807) is 18.9 Å². The number of nitrogens with one attached hydrogen (secondary N) is 1. The van der Waals surface area contributed by atoms with Crippen LogP contribution in [-0.2, 0) is 16.1 Å². The molecular weight excluding hydrogens is 434 g/mol. The maximum atomic E-state index is 13.0. The Kier molecular flexibility index (Phi) is 7.90. The average Bonchev–Trinajstić information content (AvgIpc) is 3.03. The number of rotatable bonds is 6. The first-order valence-corrected chi connectivity index (χ1v) is 11.9. The standard InChI is InChI=1S/C26H33N3O5/c1-3-33-26(31)29-14-12-20(13-15-29)27-25(30)18-28-16-19-8-4-6-10-22(19)34-24(17-28)21-9-5-7-11-23(21)32-2/h4-11,20,24H,3,12-18H2,1-2H3,(H,27,30). The second kappa shape index (κ2) is 11.2. The maximum Gasteiger partial charge on any atom is 0.409 e. The highest BCUT2D eigenvalue weighted by molar-refractivity contribution is 5.78. The van der Waals surface area contributed by atoms with Crippen LogP contribution in [0.1, 0.15) is 37.0 Å². The number of fused-ring (bicyclic) bond motifs is 1. The molecule has 2 aliphatic rings. The Morgan fingerprint density at radius 3 is 2.59 bits per heavy atom. The molecule has 2 aromatic rings. The molecule has 0 aliphatic carbocycles. The summed E-state index contributed by atoms with van der Waals surface area (Å²) in [6.07, 6.45) is 0.902. The Balaban J connectivity index is 1.41. The molecule has 4 rings (SSSR count). The van der Waals surface area contributed by atoms with Crippen LogP contribution < -0.4 is 14.8 Å². The number of hydrogen-bond acceptors (Lipinski definition) is 6. The smallest absolute Gasteiger partial charge is 0.409 e. The molecule has 2 heterocycles. The second-order valence-electron chi connectivity index (χ2n) is 8.65. The summed E-state index contributed by atoms with van der Waals surface area (Å²) in [6.45, 7) is 4.79. The normalized spacial score (nSPS) is 18.9. The summed E-state index contributed by atoms with van der Waals surface area (Å²) in [5.41, 5.74) is 2.01. The van der Waals surface area contributed by atoms with Crippen LogP contribution in [0.25, 0.3) is 0 Å². The van der Waals surface area contributed by atoms with Gasteiger partial charge in [0.1, 0.15) is 17.6 Å². The van der Waals surface area contributed by atoms with Crippen LogP contribution in [0.2, 0.25) is 0 Å². The molecule has 182 valence electrons. The van der Waals surface area contributed by atoms with E-state index in [4.69, 9.17) is 14.2 Å². The van der Waals surface area contributed by atoms with Gasteiger partial charge in [-0.2, -0.15) is 0 Å². The fourth-order valence-corrected chi connectivity index (χ4v) is 4.59. The third-order valence-electron chi connectivity index (χ3n) is 6.30. The summed E-state index contributed by atoms with van der Waals surface area (Å²) in [7, 11) is 1.65. The number of hydrogen-bond donors (Lipinski definition) is 1. The molecule has 2 aromatic carbocycles. The summed E-state index contributed by atoms with van der Waals surface area (Å²) in [6, 6.07) is 15.9. The van der Waals surface area contributed by atoms with Crippen molar-refractivity contribution in [3.05, 3.63) is 59.7 Å². The monoisotopic (exact) mass is 467 g/mol. The Hall–Kier alpha value is -3.26. The molecule has 8 nitrogen and oxygen atoms in total. The number of piperidine rings is 1. The lowest BCUT2D eigenvalue weighted by molar-refractivity contribution is -0.123. The number of carbonyl (C=O) groups is 2. The van der Waals surface area contributed by atoms with E-state index in [2.05, 4.69) is 10.2 Å². The lowest BCUT2D eigenvalue weighted by Crippen LogP contribution is -2.49. The third-order valence-corrected chi connectivity index (χ3v) is 6.30. The van der Waals surface area contributed by atoms with E-state index in [1.165, 1.54) is 0 Å². The van der Waals surface area contributed by atoms with Crippen molar-refractivity contribution in [3.63, 3.8) is 0 Å². The number of nitrogens with zero attached hydrogens (tertiary/aromatic N) is 2. The lowest BCUT2D eigenvalue weighted by atomic mass is 10.1. The molecule has 2 aliphatic heterocycles. The van der Waals surface area contributed by atoms with Gasteiger partial charge in [-0.25, -0.2) is 4.79 Å². The number of ether oxygens (including phenoxy) is 3. The fraction of sp³-hybridized carbons (Fsp3) is 0.462. The number of carbonyl (C=O) groups excluding carboxylic acids is 2. The van der Waals surface area contributed by atoms with E-state index in [1.807, 2.05) is 48.5 Å². The minimum atomic E-state index is -0.280. The highest BCUT2D eigenvalue weighted by atomic mass is 16.6. The lowest BCUT2D eigenvalue weighted by Gasteiger charge is -2.32.